The predicted molar refractivity (Wildman–Crippen MR) is 76.9 cm³/mol. The molecule has 0 aliphatic carbocycles. The van der Waals surface area contributed by atoms with E-state index in [9.17, 15) is 4.79 Å². The minimum absolute atomic E-state index is 0.0130. The number of carbonyl (C=O) groups excluding carboxylic acids is 1. The zero-order valence-electron chi connectivity index (χ0n) is 10.6. The van der Waals surface area contributed by atoms with Gasteiger partial charge in [0.1, 0.15) is 10.7 Å². The van der Waals surface area contributed by atoms with Gasteiger partial charge in [0, 0.05) is 23.3 Å². The van der Waals surface area contributed by atoms with Gasteiger partial charge >= 0.3 is 0 Å². The van der Waals surface area contributed by atoms with Crippen LogP contribution in [0.1, 0.15) is 15.4 Å². The molecule has 1 amide bonds. The molecule has 0 spiro atoms. The average molecular weight is 294 g/mol. The zero-order chi connectivity index (χ0) is 13.2. The van der Waals surface area contributed by atoms with Crippen LogP contribution in [0, 0.1) is 6.92 Å². The molecule has 19 heavy (non-hydrogen) atoms. The Kier molecular flexibility index (Phi) is 3.63. The molecule has 2 aromatic rings. The highest BCUT2D eigenvalue weighted by Gasteiger charge is 2.21. The van der Waals surface area contributed by atoms with Gasteiger partial charge in [0.25, 0.3) is 5.91 Å². The molecule has 0 unspecified atom stereocenters. The monoisotopic (exact) mass is 294 g/mol. The van der Waals surface area contributed by atoms with Gasteiger partial charge in [0.15, 0.2) is 0 Å². The van der Waals surface area contributed by atoms with Crippen molar-refractivity contribution in [3.8, 4) is 9.88 Å². The van der Waals surface area contributed by atoms with Crippen molar-refractivity contribution in [1.29, 1.82) is 0 Å². The molecular formula is C13H14N2O2S2. The fourth-order valence-corrected chi connectivity index (χ4v) is 3.70. The molecule has 1 saturated heterocycles. The van der Waals surface area contributed by atoms with E-state index in [0.717, 1.165) is 9.88 Å². The fourth-order valence-electron chi connectivity index (χ4n) is 1.96. The molecule has 4 nitrogen and oxygen atoms in total. The van der Waals surface area contributed by atoms with Crippen molar-refractivity contribution in [2.45, 2.75) is 6.92 Å². The molecule has 0 bridgehead atoms. The molecule has 1 aliphatic rings. The Morgan fingerprint density at radius 2 is 2.16 bits per heavy atom. The number of rotatable bonds is 2. The quantitative estimate of drug-likeness (QED) is 0.855. The summed E-state index contributed by atoms with van der Waals surface area (Å²) >= 11 is 3.23. The summed E-state index contributed by atoms with van der Waals surface area (Å²) in [5.74, 6) is 0.0130. The number of ether oxygens (including phenoxy) is 1. The van der Waals surface area contributed by atoms with E-state index >= 15 is 0 Å². The van der Waals surface area contributed by atoms with Gasteiger partial charge in [-0.2, -0.15) is 0 Å². The first-order valence-corrected chi connectivity index (χ1v) is 7.83. The minimum Gasteiger partial charge on any atom is -0.378 e. The van der Waals surface area contributed by atoms with E-state index in [1.165, 1.54) is 16.2 Å². The van der Waals surface area contributed by atoms with Crippen molar-refractivity contribution in [3.05, 3.63) is 28.1 Å². The second kappa shape index (κ2) is 5.40. The maximum Gasteiger partial charge on any atom is 0.273 e. The summed E-state index contributed by atoms with van der Waals surface area (Å²) in [6, 6.07) is 4.13. The van der Waals surface area contributed by atoms with Crippen molar-refractivity contribution in [2.24, 2.45) is 0 Å². The molecule has 0 radical (unpaired) electrons. The first kappa shape index (κ1) is 12.8. The summed E-state index contributed by atoms with van der Waals surface area (Å²) in [6.07, 6.45) is 0. The Labute approximate surface area is 119 Å². The molecule has 1 fully saturated rings. The minimum atomic E-state index is 0.0130. The Morgan fingerprint density at radius 3 is 2.84 bits per heavy atom. The maximum atomic E-state index is 12.3. The van der Waals surface area contributed by atoms with Crippen LogP contribution in [0.25, 0.3) is 9.88 Å². The molecule has 6 heteroatoms. The van der Waals surface area contributed by atoms with Crippen LogP contribution < -0.4 is 0 Å². The normalized spacial score (nSPS) is 15.7. The van der Waals surface area contributed by atoms with Crippen LogP contribution in [-0.2, 0) is 4.74 Å². The first-order chi connectivity index (χ1) is 9.24. The third kappa shape index (κ3) is 2.70. The molecule has 0 atom stereocenters. The van der Waals surface area contributed by atoms with Gasteiger partial charge in [-0.05, 0) is 19.1 Å². The SMILES string of the molecule is Cc1ccc(-c2nc(C(=O)N3CCOCC3)cs2)s1. The number of aryl methyl sites for hydroxylation is 1. The number of hydrogen-bond donors (Lipinski definition) is 0. The third-order valence-corrected chi connectivity index (χ3v) is 4.98. The molecular weight excluding hydrogens is 280 g/mol. The number of amides is 1. The standard InChI is InChI=1S/C13H14N2O2S2/c1-9-2-3-11(19-9)12-14-10(8-18-12)13(16)15-4-6-17-7-5-15/h2-3,8H,4-7H2,1H3. The van der Waals surface area contributed by atoms with E-state index in [1.54, 1.807) is 11.3 Å². The third-order valence-electron chi connectivity index (χ3n) is 2.97. The largest absolute Gasteiger partial charge is 0.378 e. The van der Waals surface area contributed by atoms with E-state index in [0.29, 0.717) is 32.0 Å². The Balaban J connectivity index is 1.79. The summed E-state index contributed by atoms with van der Waals surface area (Å²) in [5.41, 5.74) is 0.549. The molecule has 2 aromatic heterocycles. The Morgan fingerprint density at radius 1 is 1.37 bits per heavy atom. The van der Waals surface area contributed by atoms with Gasteiger partial charge in [-0.1, -0.05) is 0 Å². The lowest BCUT2D eigenvalue weighted by atomic mass is 10.3. The number of morpholine rings is 1. The van der Waals surface area contributed by atoms with Crippen molar-refractivity contribution >= 4 is 28.6 Å². The summed E-state index contributed by atoms with van der Waals surface area (Å²) < 4.78 is 5.25. The number of carbonyl (C=O) groups is 1. The number of aromatic nitrogens is 1. The van der Waals surface area contributed by atoms with Gasteiger partial charge in [0.2, 0.25) is 0 Å². The van der Waals surface area contributed by atoms with Crippen LogP contribution in [0.5, 0.6) is 0 Å². The summed E-state index contributed by atoms with van der Waals surface area (Å²) in [4.78, 5) is 20.9. The second-order valence-electron chi connectivity index (χ2n) is 4.35. The van der Waals surface area contributed by atoms with Crippen molar-refractivity contribution in [1.82, 2.24) is 9.88 Å². The summed E-state index contributed by atoms with van der Waals surface area (Å²) in [6.45, 7) is 4.62. The average Bonchev–Trinajstić information content (AvgIpc) is 3.07. The van der Waals surface area contributed by atoms with Crippen LogP contribution >= 0.6 is 22.7 Å². The number of thiophene rings is 1. The number of nitrogens with zero attached hydrogens (tertiary/aromatic N) is 2. The second-order valence-corrected chi connectivity index (χ2v) is 6.50. The smallest absolute Gasteiger partial charge is 0.273 e. The molecule has 0 N–H and O–H groups in total. The van der Waals surface area contributed by atoms with E-state index in [4.69, 9.17) is 4.74 Å². The van der Waals surface area contributed by atoms with Gasteiger partial charge in [-0.3, -0.25) is 4.79 Å². The topological polar surface area (TPSA) is 42.4 Å². The lowest BCUT2D eigenvalue weighted by molar-refractivity contribution is 0.0299. The summed E-state index contributed by atoms with van der Waals surface area (Å²) in [5, 5.41) is 2.78. The van der Waals surface area contributed by atoms with Crippen molar-refractivity contribution < 1.29 is 9.53 Å². The van der Waals surface area contributed by atoms with Crippen molar-refractivity contribution in [3.63, 3.8) is 0 Å². The first-order valence-electron chi connectivity index (χ1n) is 6.13. The zero-order valence-corrected chi connectivity index (χ0v) is 12.2. The Hall–Kier alpha value is -1.24. The van der Waals surface area contributed by atoms with Crippen LogP contribution in [-0.4, -0.2) is 42.1 Å². The van der Waals surface area contributed by atoms with Crippen molar-refractivity contribution in [2.75, 3.05) is 26.3 Å². The van der Waals surface area contributed by atoms with Gasteiger partial charge in [-0.25, -0.2) is 4.98 Å². The van der Waals surface area contributed by atoms with Crippen LogP contribution in [0.4, 0.5) is 0 Å². The lowest BCUT2D eigenvalue weighted by Gasteiger charge is -2.25. The van der Waals surface area contributed by atoms with Gasteiger partial charge in [-0.15, -0.1) is 22.7 Å². The molecule has 1 aliphatic heterocycles. The van der Waals surface area contributed by atoms with Crippen LogP contribution in [0.3, 0.4) is 0 Å². The Bertz CT molecular complexity index is 585. The van der Waals surface area contributed by atoms with E-state index in [-0.39, 0.29) is 5.91 Å². The number of thiazole rings is 1. The summed E-state index contributed by atoms with van der Waals surface area (Å²) in [7, 11) is 0. The van der Waals surface area contributed by atoms with E-state index in [2.05, 4.69) is 24.0 Å². The van der Waals surface area contributed by atoms with Crippen LogP contribution in [0.2, 0.25) is 0 Å². The molecule has 0 saturated carbocycles. The fraction of sp³-hybridized carbons (Fsp3) is 0.385. The lowest BCUT2D eigenvalue weighted by Crippen LogP contribution is -2.40. The highest BCUT2D eigenvalue weighted by atomic mass is 32.1. The van der Waals surface area contributed by atoms with Gasteiger partial charge in [0.05, 0.1) is 18.1 Å². The molecule has 3 heterocycles. The predicted octanol–water partition coefficient (Wildman–Crippen LogP) is 2.65. The maximum absolute atomic E-state index is 12.3. The van der Waals surface area contributed by atoms with Gasteiger partial charge < -0.3 is 9.64 Å². The van der Waals surface area contributed by atoms with Crippen LogP contribution in [0.15, 0.2) is 17.5 Å². The van der Waals surface area contributed by atoms with E-state index < -0.39 is 0 Å². The number of hydrogen-bond acceptors (Lipinski definition) is 5. The molecule has 0 aromatic carbocycles. The molecule has 3 rings (SSSR count). The highest BCUT2D eigenvalue weighted by molar-refractivity contribution is 7.21. The van der Waals surface area contributed by atoms with E-state index in [1.807, 2.05) is 10.3 Å². The molecule has 100 valence electrons. The highest BCUT2D eigenvalue weighted by Crippen LogP contribution is 2.30.